The Balaban J connectivity index is 1.53. The van der Waals surface area contributed by atoms with Gasteiger partial charge in [-0.3, -0.25) is 4.90 Å². The van der Waals surface area contributed by atoms with Crippen LogP contribution in [0.5, 0.6) is 0 Å². The van der Waals surface area contributed by atoms with Crippen molar-refractivity contribution in [2.45, 2.75) is 37.8 Å². The molecule has 0 bridgehead atoms. The molecule has 0 aromatic heterocycles. The Hall–Kier alpha value is -0.970. The van der Waals surface area contributed by atoms with Gasteiger partial charge in [0.15, 0.2) is 0 Å². The molecule has 2 unspecified atom stereocenters. The highest BCUT2D eigenvalue weighted by atomic mass is 19.1. The predicted molar refractivity (Wildman–Crippen MR) is 83.6 cm³/mol. The third kappa shape index (κ3) is 3.62. The smallest absolute Gasteiger partial charge is 0.127 e. The van der Waals surface area contributed by atoms with Crippen LogP contribution in [0.25, 0.3) is 0 Å². The van der Waals surface area contributed by atoms with Gasteiger partial charge in [-0.05, 0) is 51.4 Å². The first-order chi connectivity index (χ1) is 10.2. The zero-order valence-electron chi connectivity index (χ0n) is 12.7. The Labute approximate surface area is 126 Å². The lowest BCUT2D eigenvalue weighted by molar-refractivity contribution is 0.215. The van der Waals surface area contributed by atoms with E-state index in [-0.39, 0.29) is 11.9 Å². The molecular weight excluding hydrogens is 265 g/mol. The fraction of sp³-hybridized carbons (Fsp3) is 0.647. The van der Waals surface area contributed by atoms with Crippen molar-refractivity contribution < 1.29 is 4.39 Å². The molecule has 1 aromatic carbocycles. The largest absolute Gasteiger partial charge is 0.324 e. The molecule has 2 aliphatic heterocycles. The second kappa shape index (κ2) is 6.86. The van der Waals surface area contributed by atoms with E-state index in [0.29, 0.717) is 5.56 Å². The van der Waals surface area contributed by atoms with Crippen LogP contribution in [-0.4, -0.2) is 48.6 Å². The van der Waals surface area contributed by atoms with Crippen molar-refractivity contribution in [3.63, 3.8) is 0 Å². The van der Waals surface area contributed by atoms with Crippen LogP contribution in [0.4, 0.5) is 4.39 Å². The molecule has 4 heteroatoms. The Morgan fingerprint density at radius 2 is 2.00 bits per heavy atom. The van der Waals surface area contributed by atoms with Gasteiger partial charge >= 0.3 is 0 Å². The minimum Gasteiger partial charge on any atom is -0.324 e. The van der Waals surface area contributed by atoms with Gasteiger partial charge in [-0.25, -0.2) is 4.39 Å². The molecule has 2 heterocycles. The number of hydrogen-bond acceptors (Lipinski definition) is 3. The molecule has 0 radical (unpaired) electrons. The van der Waals surface area contributed by atoms with E-state index in [2.05, 4.69) is 9.80 Å². The molecule has 0 amide bonds. The maximum atomic E-state index is 13.7. The van der Waals surface area contributed by atoms with E-state index in [0.717, 1.165) is 32.1 Å². The number of fused-ring (bicyclic) bond motifs is 1. The van der Waals surface area contributed by atoms with Crippen LogP contribution >= 0.6 is 0 Å². The molecule has 1 aromatic rings. The average Bonchev–Trinajstić information content (AvgIpc) is 2.83. The Morgan fingerprint density at radius 3 is 2.86 bits per heavy atom. The van der Waals surface area contributed by atoms with E-state index in [1.54, 1.807) is 12.1 Å². The van der Waals surface area contributed by atoms with Crippen LogP contribution < -0.4 is 5.73 Å². The van der Waals surface area contributed by atoms with Crippen LogP contribution in [-0.2, 0) is 0 Å². The summed E-state index contributed by atoms with van der Waals surface area (Å²) in [5.74, 6) is -0.178. The standard InChI is InChI=1S/C17H26FN3/c18-16-7-2-1-6-15(16)17(19)8-12-20-9-4-11-21-10-3-5-14(21)13-20/h1-2,6-7,14,17H,3-5,8-13,19H2. The van der Waals surface area contributed by atoms with E-state index in [9.17, 15) is 4.39 Å². The topological polar surface area (TPSA) is 32.5 Å². The summed E-state index contributed by atoms with van der Waals surface area (Å²) in [5.41, 5.74) is 6.83. The quantitative estimate of drug-likeness (QED) is 0.924. The molecule has 116 valence electrons. The highest BCUT2D eigenvalue weighted by Gasteiger charge is 2.28. The van der Waals surface area contributed by atoms with Crippen LogP contribution in [0.15, 0.2) is 24.3 Å². The predicted octanol–water partition coefficient (Wildman–Crippen LogP) is 2.39. The Kier molecular flexibility index (Phi) is 4.88. The second-order valence-corrected chi connectivity index (χ2v) is 6.40. The van der Waals surface area contributed by atoms with Crippen LogP contribution in [0, 0.1) is 5.82 Å². The third-order valence-corrected chi connectivity index (χ3v) is 4.95. The average molecular weight is 291 g/mol. The molecule has 0 spiro atoms. The minimum atomic E-state index is -0.200. The molecule has 2 fully saturated rings. The van der Waals surface area contributed by atoms with Crippen molar-refractivity contribution in [2.75, 3.05) is 32.7 Å². The normalized spacial score (nSPS) is 25.5. The van der Waals surface area contributed by atoms with Crippen LogP contribution in [0.2, 0.25) is 0 Å². The number of halogens is 1. The molecule has 2 aliphatic rings. The summed E-state index contributed by atoms with van der Waals surface area (Å²) in [6.45, 7) is 5.79. The number of benzene rings is 1. The van der Waals surface area contributed by atoms with Crippen LogP contribution in [0.1, 0.15) is 37.3 Å². The second-order valence-electron chi connectivity index (χ2n) is 6.40. The lowest BCUT2D eigenvalue weighted by atomic mass is 10.0. The van der Waals surface area contributed by atoms with E-state index in [4.69, 9.17) is 5.73 Å². The van der Waals surface area contributed by atoms with Gasteiger partial charge in [0.2, 0.25) is 0 Å². The number of rotatable bonds is 4. The van der Waals surface area contributed by atoms with Crippen LogP contribution in [0.3, 0.4) is 0 Å². The summed E-state index contributed by atoms with van der Waals surface area (Å²) < 4.78 is 13.7. The highest BCUT2D eigenvalue weighted by molar-refractivity contribution is 5.20. The molecular formula is C17H26FN3. The maximum absolute atomic E-state index is 13.7. The zero-order chi connectivity index (χ0) is 14.7. The van der Waals surface area contributed by atoms with Gasteiger partial charge in [0.25, 0.3) is 0 Å². The molecule has 3 rings (SSSR count). The lowest BCUT2D eigenvalue weighted by Crippen LogP contribution is -2.37. The van der Waals surface area contributed by atoms with E-state index in [1.165, 1.54) is 38.4 Å². The van der Waals surface area contributed by atoms with Gasteiger partial charge < -0.3 is 10.6 Å². The summed E-state index contributed by atoms with van der Waals surface area (Å²) in [5, 5.41) is 0. The fourth-order valence-electron chi connectivity index (χ4n) is 3.74. The number of hydrogen-bond donors (Lipinski definition) is 1. The molecule has 2 saturated heterocycles. The lowest BCUT2D eigenvalue weighted by Gasteiger charge is -2.26. The first kappa shape index (κ1) is 14.9. The molecule has 2 atom stereocenters. The SMILES string of the molecule is NC(CCN1CCCN2CCCC2C1)c1ccccc1F. The minimum absolute atomic E-state index is 0.178. The van der Waals surface area contributed by atoms with Gasteiger partial charge in [-0.15, -0.1) is 0 Å². The molecule has 21 heavy (non-hydrogen) atoms. The van der Waals surface area contributed by atoms with Crippen molar-refractivity contribution in [2.24, 2.45) is 5.73 Å². The van der Waals surface area contributed by atoms with Gasteiger partial charge in [0.1, 0.15) is 5.82 Å². The zero-order valence-corrected chi connectivity index (χ0v) is 12.7. The summed E-state index contributed by atoms with van der Waals surface area (Å²) >= 11 is 0. The first-order valence-corrected chi connectivity index (χ1v) is 8.20. The monoisotopic (exact) mass is 291 g/mol. The summed E-state index contributed by atoms with van der Waals surface area (Å²) in [6, 6.07) is 7.42. The molecule has 0 aliphatic carbocycles. The molecule has 2 N–H and O–H groups in total. The van der Waals surface area contributed by atoms with Crippen molar-refractivity contribution in [1.29, 1.82) is 0 Å². The van der Waals surface area contributed by atoms with Gasteiger partial charge in [0, 0.05) is 30.7 Å². The van der Waals surface area contributed by atoms with E-state index >= 15 is 0 Å². The van der Waals surface area contributed by atoms with Crippen molar-refractivity contribution in [1.82, 2.24) is 9.80 Å². The van der Waals surface area contributed by atoms with Crippen molar-refractivity contribution >= 4 is 0 Å². The fourth-order valence-corrected chi connectivity index (χ4v) is 3.74. The van der Waals surface area contributed by atoms with E-state index in [1.807, 2.05) is 6.07 Å². The van der Waals surface area contributed by atoms with Crippen molar-refractivity contribution in [3.05, 3.63) is 35.6 Å². The number of nitrogens with two attached hydrogens (primary N) is 1. The van der Waals surface area contributed by atoms with Crippen molar-refractivity contribution in [3.8, 4) is 0 Å². The third-order valence-electron chi connectivity index (χ3n) is 4.95. The Bertz CT molecular complexity index is 465. The first-order valence-electron chi connectivity index (χ1n) is 8.20. The maximum Gasteiger partial charge on any atom is 0.127 e. The van der Waals surface area contributed by atoms with Gasteiger partial charge in [-0.1, -0.05) is 18.2 Å². The van der Waals surface area contributed by atoms with E-state index < -0.39 is 0 Å². The summed E-state index contributed by atoms with van der Waals surface area (Å²) in [6.07, 6.45) is 4.74. The van der Waals surface area contributed by atoms with Gasteiger partial charge in [-0.2, -0.15) is 0 Å². The highest BCUT2D eigenvalue weighted by Crippen LogP contribution is 2.23. The Morgan fingerprint density at radius 1 is 1.19 bits per heavy atom. The van der Waals surface area contributed by atoms with Gasteiger partial charge in [0.05, 0.1) is 0 Å². The summed E-state index contributed by atoms with van der Waals surface area (Å²) in [7, 11) is 0. The molecule has 3 nitrogen and oxygen atoms in total. The summed E-state index contributed by atoms with van der Waals surface area (Å²) in [4.78, 5) is 5.16. The number of nitrogens with zero attached hydrogens (tertiary/aromatic N) is 2. The molecule has 0 saturated carbocycles.